The van der Waals surface area contributed by atoms with Crippen molar-refractivity contribution in [2.75, 3.05) is 6.61 Å². The van der Waals surface area contributed by atoms with Crippen molar-refractivity contribution >= 4 is 38.5 Å². The van der Waals surface area contributed by atoms with Gasteiger partial charge in [-0.15, -0.1) is 0 Å². The summed E-state index contributed by atoms with van der Waals surface area (Å²) in [6, 6.07) is 18.5. The molecule has 0 aliphatic rings. The van der Waals surface area contributed by atoms with E-state index in [1.54, 1.807) is 25.1 Å². The van der Waals surface area contributed by atoms with Gasteiger partial charge in [-0.25, -0.2) is 0 Å². The van der Waals surface area contributed by atoms with Gasteiger partial charge < -0.3 is 9.47 Å². The van der Waals surface area contributed by atoms with Gasteiger partial charge in [0.2, 0.25) is 0 Å². The molecule has 0 saturated heterocycles. The third-order valence-electron chi connectivity index (χ3n) is 4.36. The van der Waals surface area contributed by atoms with Gasteiger partial charge in [0.05, 0.1) is 11.1 Å². The zero-order chi connectivity index (χ0) is 21.5. The quantitative estimate of drug-likeness (QED) is 0.493. The van der Waals surface area contributed by atoms with E-state index in [1.807, 2.05) is 49.4 Å². The number of rotatable bonds is 7. The van der Waals surface area contributed by atoms with Gasteiger partial charge in [-0.05, 0) is 70.4 Å². The van der Waals surface area contributed by atoms with Crippen molar-refractivity contribution in [1.82, 2.24) is 10.9 Å². The molecule has 6 nitrogen and oxygen atoms in total. The Morgan fingerprint density at radius 1 is 1.00 bits per heavy atom. The molecule has 156 valence electrons. The molecule has 3 aromatic rings. The highest BCUT2D eigenvalue weighted by molar-refractivity contribution is 9.10. The second-order valence-electron chi connectivity index (χ2n) is 6.71. The first-order valence-corrected chi connectivity index (χ1v) is 10.4. The van der Waals surface area contributed by atoms with Crippen LogP contribution in [0.5, 0.6) is 11.5 Å². The Bertz CT molecular complexity index is 1050. The molecule has 0 saturated carbocycles. The third kappa shape index (κ3) is 5.51. The summed E-state index contributed by atoms with van der Waals surface area (Å²) in [4.78, 5) is 24.6. The van der Waals surface area contributed by atoms with E-state index in [2.05, 4.69) is 26.8 Å². The van der Waals surface area contributed by atoms with Crippen LogP contribution in [-0.4, -0.2) is 24.5 Å². The fourth-order valence-corrected chi connectivity index (χ4v) is 3.25. The Hall–Kier alpha value is -3.06. The largest absolute Gasteiger partial charge is 0.492 e. The number of ether oxygens (including phenoxy) is 2. The molecular weight excluding hydrogens is 448 g/mol. The van der Waals surface area contributed by atoms with E-state index in [0.717, 1.165) is 17.2 Å². The first-order valence-electron chi connectivity index (χ1n) is 9.66. The number of benzene rings is 3. The van der Waals surface area contributed by atoms with Gasteiger partial charge in [0, 0.05) is 5.56 Å². The minimum absolute atomic E-state index is 0.383. The van der Waals surface area contributed by atoms with Crippen LogP contribution in [0, 0.1) is 0 Å². The second kappa shape index (κ2) is 10.1. The molecule has 0 heterocycles. The molecule has 30 heavy (non-hydrogen) atoms. The molecule has 0 fully saturated rings. The van der Waals surface area contributed by atoms with Crippen LogP contribution >= 0.6 is 15.9 Å². The van der Waals surface area contributed by atoms with E-state index in [4.69, 9.17) is 9.47 Å². The molecular formula is C23H23BrN2O4. The lowest BCUT2D eigenvalue weighted by Crippen LogP contribution is -2.47. The summed E-state index contributed by atoms with van der Waals surface area (Å²) in [5.74, 6) is 0.339. The number of hydrogen-bond donors (Lipinski definition) is 2. The average Bonchev–Trinajstić information content (AvgIpc) is 2.76. The van der Waals surface area contributed by atoms with E-state index in [-0.39, 0.29) is 0 Å². The minimum Gasteiger partial charge on any atom is -0.492 e. The molecule has 0 radical (unpaired) electrons. The van der Waals surface area contributed by atoms with Crippen LogP contribution in [0.2, 0.25) is 0 Å². The van der Waals surface area contributed by atoms with Gasteiger partial charge in [0.25, 0.3) is 11.8 Å². The Morgan fingerprint density at radius 2 is 1.77 bits per heavy atom. The Labute approximate surface area is 183 Å². The molecule has 0 bridgehead atoms. The standard InChI is InChI=1S/C23H23BrN2O4/c1-3-12-29-21-11-9-18(14-20(21)24)23(28)26-25-22(27)15(2)30-19-10-8-16-6-4-5-7-17(16)13-19/h4-11,13-15H,3,12H2,1-2H3,(H,25,27)(H,26,28). The van der Waals surface area contributed by atoms with E-state index < -0.39 is 17.9 Å². The Balaban J connectivity index is 1.54. The predicted octanol–water partition coefficient (Wildman–Crippen LogP) is 4.62. The summed E-state index contributed by atoms with van der Waals surface area (Å²) in [6.07, 6.45) is 0.100. The van der Waals surface area contributed by atoms with E-state index in [1.165, 1.54) is 0 Å². The van der Waals surface area contributed by atoms with Crippen molar-refractivity contribution in [3.05, 3.63) is 70.7 Å². The number of hydrogen-bond acceptors (Lipinski definition) is 4. The maximum atomic E-state index is 12.3. The van der Waals surface area contributed by atoms with Crippen LogP contribution in [-0.2, 0) is 4.79 Å². The Kier molecular flexibility index (Phi) is 7.30. The number of carbonyl (C=O) groups excluding carboxylic acids is 2. The van der Waals surface area contributed by atoms with Gasteiger partial charge >= 0.3 is 0 Å². The first kappa shape index (κ1) is 21.6. The molecule has 3 rings (SSSR count). The molecule has 2 N–H and O–H groups in total. The van der Waals surface area contributed by atoms with E-state index in [0.29, 0.717) is 28.1 Å². The summed E-state index contributed by atoms with van der Waals surface area (Å²) in [5.41, 5.74) is 5.18. The fourth-order valence-electron chi connectivity index (χ4n) is 2.76. The second-order valence-corrected chi connectivity index (χ2v) is 7.56. The molecule has 2 amide bonds. The van der Waals surface area contributed by atoms with Crippen molar-refractivity contribution in [2.45, 2.75) is 26.4 Å². The number of carbonyl (C=O) groups is 2. The van der Waals surface area contributed by atoms with Gasteiger partial charge in [-0.1, -0.05) is 37.3 Å². The van der Waals surface area contributed by atoms with Gasteiger partial charge in [-0.3, -0.25) is 20.4 Å². The lowest BCUT2D eigenvalue weighted by Gasteiger charge is -2.16. The summed E-state index contributed by atoms with van der Waals surface area (Å²) in [5, 5.41) is 2.11. The monoisotopic (exact) mass is 470 g/mol. The summed E-state index contributed by atoms with van der Waals surface area (Å²) in [7, 11) is 0. The zero-order valence-electron chi connectivity index (χ0n) is 16.8. The van der Waals surface area contributed by atoms with Crippen LogP contribution in [0.4, 0.5) is 0 Å². The highest BCUT2D eigenvalue weighted by Crippen LogP contribution is 2.26. The average molecular weight is 471 g/mol. The number of nitrogens with one attached hydrogen (secondary N) is 2. The fraction of sp³-hybridized carbons (Fsp3) is 0.217. The van der Waals surface area contributed by atoms with Gasteiger partial charge in [0.1, 0.15) is 11.5 Å². The summed E-state index contributed by atoms with van der Waals surface area (Å²) >= 11 is 3.39. The molecule has 0 aromatic heterocycles. The van der Waals surface area contributed by atoms with Crippen LogP contribution in [0.15, 0.2) is 65.1 Å². The van der Waals surface area contributed by atoms with Crippen LogP contribution in [0.3, 0.4) is 0 Å². The maximum Gasteiger partial charge on any atom is 0.279 e. The third-order valence-corrected chi connectivity index (χ3v) is 4.98. The molecule has 3 aromatic carbocycles. The smallest absolute Gasteiger partial charge is 0.279 e. The highest BCUT2D eigenvalue weighted by Gasteiger charge is 2.16. The van der Waals surface area contributed by atoms with Gasteiger partial charge in [-0.2, -0.15) is 0 Å². The topological polar surface area (TPSA) is 76.7 Å². The maximum absolute atomic E-state index is 12.3. The van der Waals surface area contributed by atoms with E-state index >= 15 is 0 Å². The lowest BCUT2D eigenvalue weighted by molar-refractivity contribution is -0.128. The summed E-state index contributed by atoms with van der Waals surface area (Å²) in [6.45, 7) is 4.23. The number of hydrazine groups is 1. The van der Waals surface area contributed by atoms with Crippen LogP contribution < -0.4 is 20.3 Å². The molecule has 7 heteroatoms. The molecule has 0 aliphatic carbocycles. The predicted molar refractivity (Wildman–Crippen MR) is 120 cm³/mol. The van der Waals surface area contributed by atoms with Crippen molar-refractivity contribution in [1.29, 1.82) is 0 Å². The van der Waals surface area contributed by atoms with Crippen molar-refractivity contribution in [3.63, 3.8) is 0 Å². The van der Waals surface area contributed by atoms with Crippen molar-refractivity contribution < 1.29 is 19.1 Å². The number of fused-ring (bicyclic) bond motifs is 1. The molecule has 1 unspecified atom stereocenters. The highest BCUT2D eigenvalue weighted by atomic mass is 79.9. The van der Waals surface area contributed by atoms with Gasteiger partial charge in [0.15, 0.2) is 6.10 Å². The minimum atomic E-state index is -0.789. The number of amides is 2. The SMILES string of the molecule is CCCOc1ccc(C(=O)NNC(=O)C(C)Oc2ccc3ccccc3c2)cc1Br. The normalized spacial score (nSPS) is 11.6. The van der Waals surface area contributed by atoms with Crippen molar-refractivity contribution in [3.8, 4) is 11.5 Å². The summed E-state index contributed by atoms with van der Waals surface area (Å²) < 4.78 is 11.9. The number of halogens is 1. The van der Waals surface area contributed by atoms with Crippen molar-refractivity contribution in [2.24, 2.45) is 0 Å². The molecule has 1 atom stereocenters. The van der Waals surface area contributed by atoms with E-state index in [9.17, 15) is 9.59 Å². The molecule has 0 aliphatic heterocycles. The van der Waals surface area contributed by atoms with Crippen LogP contribution in [0.1, 0.15) is 30.6 Å². The first-order chi connectivity index (χ1) is 14.5. The lowest BCUT2D eigenvalue weighted by atomic mass is 10.1. The van der Waals surface area contributed by atoms with Crippen LogP contribution in [0.25, 0.3) is 10.8 Å². The molecule has 0 spiro atoms. The zero-order valence-corrected chi connectivity index (χ0v) is 18.4. The Morgan fingerprint density at radius 3 is 2.50 bits per heavy atom.